The van der Waals surface area contributed by atoms with E-state index in [2.05, 4.69) is 9.82 Å². The molecule has 0 atom stereocenters. The molecule has 27 heavy (non-hydrogen) atoms. The normalized spacial score (nSPS) is 11.6. The zero-order valence-corrected chi connectivity index (χ0v) is 16.6. The number of benzene rings is 2. The van der Waals surface area contributed by atoms with Gasteiger partial charge in [0.05, 0.1) is 11.4 Å². The van der Waals surface area contributed by atoms with E-state index < -0.39 is 10.0 Å². The number of nitrogens with one attached hydrogen (secondary N) is 1. The van der Waals surface area contributed by atoms with E-state index >= 15 is 0 Å². The van der Waals surface area contributed by atoms with E-state index in [-0.39, 0.29) is 23.1 Å². The van der Waals surface area contributed by atoms with Gasteiger partial charge in [-0.3, -0.25) is 9.40 Å². The second kappa shape index (κ2) is 7.15. The van der Waals surface area contributed by atoms with Crippen LogP contribution in [0.3, 0.4) is 0 Å². The summed E-state index contributed by atoms with van der Waals surface area (Å²) in [7, 11) is -3.79. The molecule has 0 spiro atoms. The van der Waals surface area contributed by atoms with Gasteiger partial charge >= 0.3 is 0 Å². The van der Waals surface area contributed by atoms with E-state index in [0.717, 1.165) is 22.3 Å². The minimum Gasteiger partial charge on any atom is -0.266 e. The Morgan fingerprint density at radius 2 is 1.67 bits per heavy atom. The van der Waals surface area contributed by atoms with Gasteiger partial charge in [-0.05, 0) is 56.0 Å². The van der Waals surface area contributed by atoms with Crippen LogP contribution < -0.4 is 4.72 Å². The van der Waals surface area contributed by atoms with E-state index in [0.29, 0.717) is 5.56 Å². The Bertz CT molecular complexity index is 1080. The zero-order valence-electron chi connectivity index (χ0n) is 15.7. The first kappa shape index (κ1) is 19.1. The van der Waals surface area contributed by atoms with Gasteiger partial charge in [-0.25, -0.2) is 12.8 Å². The van der Waals surface area contributed by atoms with E-state index in [1.165, 1.54) is 10.7 Å². The molecule has 5 nitrogen and oxygen atoms in total. The molecule has 142 valence electrons. The second-order valence-electron chi connectivity index (χ2n) is 6.68. The van der Waals surface area contributed by atoms with Gasteiger partial charge in [0.1, 0.15) is 5.82 Å². The van der Waals surface area contributed by atoms with E-state index in [9.17, 15) is 12.8 Å². The highest BCUT2D eigenvalue weighted by atomic mass is 32.2. The summed E-state index contributed by atoms with van der Waals surface area (Å²) in [4.78, 5) is 0.281. The van der Waals surface area contributed by atoms with Crippen LogP contribution in [-0.2, 0) is 16.6 Å². The Kier molecular flexibility index (Phi) is 5.06. The van der Waals surface area contributed by atoms with E-state index in [4.69, 9.17) is 0 Å². The molecule has 3 rings (SSSR count). The lowest BCUT2D eigenvalue weighted by Gasteiger charge is -2.15. The van der Waals surface area contributed by atoms with Crippen molar-refractivity contribution in [2.75, 3.05) is 4.72 Å². The van der Waals surface area contributed by atoms with Gasteiger partial charge in [0, 0.05) is 17.8 Å². The number of sulfonamides is 1. The van der Waals surface area contributed by atoms with E-state index in [1.54, 1.807) is 44.3 Å². The Balaban J connectivity index is 1.88. The van der Waals surface area contributed by atoms with Crippen molar-refractivity contribution in [2.45, 2.75) is 39.1 Å². The van der Waals surface area contributed by atoms with E-state index in [1.807, 2.05) is 19.9 Å². The standard InChI is InChI=1S/C20H22FN3O2S/c1-13-11-14(2)16(4)20(15(13)3)27(25,26)23-19-9-10-24(22-19)12-17-7-5-6-8-18(17)21/h5-11H,12H2,1-4H3,(H,22,23). The first-order chi connectivity index (χ1) is 12.7. The number of aromatic nitrogens is 2. The fourth-order valence-corrected chi connectivity index (χ4v) is 4.69. The maximum atomic E-state index is 13.8. The number of hydrogen-bond acceptors (Lipinski definition) is 3. The summed E-state index contributed by atoms with van der Waals surface area (Å²) >= 11 is 0. The summed E-state index contributed by atoms with van der Waals surface area (Å²) in [6.07, 6.45) is 1.62. The van der Waals surface area contributed by atoms with Crippen molar-refractivity contribution >= 4 is 15.8 Å². The van der Waals surface area contributed by atoms with Gasteiger partial charge in [-0.1, -0.05) is 24.3 Å². The number of hydrogen-bond donors (Lipinski definition) is 1. The monoisotopic (exact) mass is 387 g/mol. The Morgan fingerprint density at radius 3 is 2.30 bits per heavy atom. The molecule has 0 aliphatic rings. The highest BCUT2D eigenvalue weighted by Crippen LogP contribution is 2.27. The summed E-state index contributed by atoms with van der Waals surface area (Å²) in [5.41, 5.74) is 3.76. The highest BCUT2D eigenvalue weighted by molar-refractivity contribution is 7.92. The molecule has 1 N–H and O–H groups in total. The van der Waals surface area contributed by atoms with Crippen LogP contribution in [0.1, 0.15) is 27.8 Å². The lowest BCUT2D eigenvalue weighted by molar-refractivity contribution is 0.585. The summed E-state index contributed by atoms with van der Waals surface area (Å²) in [5.74, 6) is -0.124. The molecule has 0 saturated carbocycles. The maximum Gasteiger partial charge on any atom is 0.263 e. The Hall–Kier alpha value is -2.67. The molecule has 0 saturated heterocycles. The molecule has 0 amide bonds. The molecule has 7 heteroatoms. The lowest BCUT2D eigenvalue weighted by atomic mass is 10.0. The van der Waals surface area contributed by atoms with Crippen molar-refractivity contribution in [3.8, 4) is 0 Å². The van der Waals surface area contributed by atoms with Crippen molar-refractivity contribution in [3.05, 3.63) is 76.2 Å². The third-order valence-corrected chi connectivity index (χ3v) is 6.36. The van der Waals surface area contributed by atoms with Crippen LogP contribution in [0.4, 0.5) is 10.2 Å². The zero-order chi connectivity index (χ0) is 19.8. The van der Waals surface area contributed by atoms with Crippen molar-refractivity contribution in [2.24, 2.45) is 0 Å². The van der Waals surface area contributed by atoms with Crippen LogP contribution in [-0.4, -0.2) is 18.2 Å². The third kappa shape index (κ3) is 3.88. The largest absolute Gasteiger partial charge is 0.266 e. The van der Waals surface area contributed by atoms with Crippen molar-refractivity contribution < 1.29 is 12.8 Å². The molecule has 1 aromatic heterocycles. The van der Waals surface area contributed by atoms with Gasteiger partial charge in [0.25, 0.3) is 10.0 Å². The molecule has 0 aliphatic heterocycles. The molecule has 0 unspecified atom stereocenters. The van der Waals surface area contributed by atoms with Gasteiger partial charge in [0.2, 0.25) is 0 Å². The predicted octanol–water partition coefficient (Wildman–Crippen LogP) is 4.10. The Labute approximate surface area is 158 Å². The second-order valence-corrected chi connectivity index (χ2v) is 8.30. The minimum atomic E-state index is -3.79. The number of anilines is 1. The quantitative estimate of drug-likeness (QED) is 0.717. The fourth-order valence-electron chi connectivity index (χ4n) is 3.08. The minimum absolute atomic E-state index is 0.198. The van der Waals surface area contributed by atoms with Crippen LogP contribution in [0.2, 0.25) is 0 Å². The number of rotatable bonds is 5. The fraction of sp³-hybridized carbons (Fsp3) is 0.250. The van der Waals surface area contributed by atoms with Crippen molar-refractivity contribution in [1.82, 2.24) is 9.78 Å². The molecule has 0 fully saturated rings. The van der Waals surface area contributed by atoms with Crippen molar-refractivity contribution in [1.29, 1.82) is 0 Å². The average molecular weight is 387 g/mol. The van der Waals surface area contributed by atoms with Crippen LogP contribution in [0.5, 0.6) is 0 Å². The van der Waals surface area contributed by atoms with Gasteiger partial charge in [0.15, 0.2) is 5.82 Å². The SMILES string of the molecule is Cc1cc(C)c(C)c(S(=O)(=O)Nc2ccn(Cc3ccccc3F)n2)c1C. The third-order valence-electron chi connectivity index (χ3n) is 4.74. The van der Waals surface area contributed by atoms with Crippen LogP contribution in [0, 0.1) is 33.5 Å². The number of halogens is 1. The topological polar surface area (TPSA) is 64.0 Å². The molecular weight excluding hydrogens is 365 g/mol. The van der Waals surface area contributed by atoms with Gasteiger partial charge in [-0.15, -0.1) is 0 Å². The smallest absolute Gasteiger partial charge is 0.263 e. The molecule has 2 aromatic carbocycles. The molecule has 0 aliphatic carbocycles. The molecule has 0 radical (unpaired) electrons. The highest BCUT2D eigenvalue weighted by Gasteiger charge is 2.23. The number of aryl methyl sites for hydroxylation is 2. The lowest BCUT2D eigenvalue weighted by Crippen LogP contribution is -2.17. The molecule has 1 heterocycles. The first-order valence-electron chi connectivity index (χ1n) is 8.56. The predicted molar refractivity (Wildman–Crippen MR) is 104 cm³/mol. The van der Waals surface area contributed by atoms with Crippen LogP contribution in [0.15, 0.2) is 47.5 Å². The average Bonchev–Trinajstić information content (AvgIpc) is 3.01. The van der Waals surface area contributed by atoms with Crippen LogP contribution >= 0.6 is 0 Å². The van der Waals surface area contributed by atoms with Gasteiger partial charge < -0.3 is 0 Å². The van der Waals surface area contributed by atoms with Gasteiger partial charge in [-0.2, -0.15) is 5.10 Å². The molecular formula is C20H22FN3O2S. The number of nitrogens with zero attached hydrogens (tertiary/aromatic N) is 2. The summed E-state index contributed by atoms with van der Waals surface area (Å²) in [6, 6.07) is 9.96. The first-order valence-corrected chi connectivity index (χ1v) is 10.0. The Morgan fingerprint density at radius 1 is 1.04 bits per heavy atom. The summed E-state index contributed by atoms with van der Waals surface area (Å²) < 4.78 is 43.7. The maximum absolute atomic E-state index is 13.8. The summed E-state index contributed by atoms with van der Waals surface area (Å²) in [5, 5.41) is 4.22. The van der Waals surface area contributed by atoms with Crippen LogP contribution in [0.25, 0.3) is 0 Å². The van der Waals surface area contributed by atoms with Crippen molar-refractivity contribution in [3.63, 3.8) is 0 Å². The molecule has 3 aromatic rings. The summed E-state index contributed by atoms with van der Waals surface area (Å²) in [6.45, 7) is 7.60. The molecule has 0 bridgehead atoms.